The van der Waals surface area contributed by atoms with E-state index in [1.807, 2.05) is 24.3 Å². The van der Waals surface area contributed by atoms with Gasteiger partial charge in [-0.25, -0.2) is 13.6 Å². The Morgan fingerprint density at radius 3 is 2.00 bits per heavy atom. The van der Waals surface area contributed by atoms with E-state index in [9.17, 15) is 8.42 Å². The molecule has 1 aliphatic carbocycles. The highest BCUT2D eigenvalue weighted by atomic mass is 32.2. The predicted molar refractivity (Wildman–Crippen MR) is 50.7 cm³/mol. The number of benzene rings is 1. The van der Waals surface area contributed by atoms with Gasteiger partial charge < -0.3 is 0 Å². The van der Waals surface area contributed by atoms with Crippen LogP contribution >= 0.6 is 0 Å². The number of nitrogens with two attached hydrogens (primary N) is 1. The number of sulfonamides is 1. The standard InChI is InChI=1S/C9H11NO2S/c10-13(11,12)9-5-7-3-1-2-4-8(7)6-9/h1-4,9H,5-6H2,(H2,10,11,12). The molecular weight excluding hydrogens is 186 g/mol. The second kappa shape index (κ2) is 2.82. The normalized spacial score (nSPS) is 17.3. The Balaban J connectivity index is 2.33. The molecule has 0 amide bonds. The van der Waals surface area contributed by atoms with Crippen molar-refractivity contribution in [2.24, 2.45) is 5.14 Å². The molecule has 1 aromatic rings. The Kier molecular flexibility index (Phi) is 1.89. The first-order chi connectivity index (χ1) is 6.07. The molecule has 0 atom stereocenters. The Morgan fingerprint density at radius 2 is 1.62 bits per heavy atom. The van der Waals surface area contributed by atoms with Gasteiger partial charge in [-0.05, 0) is 24.0 Å². The molecule has 2 N–H and O–H groups in total. The minimum absolute atomic E-state index is 0.412. The average molecular weight is 197 g/mol. The minimum atomic E-state index is -3.37. The van der Waals surface area contributed by atoms with Crippen molar-refractivity contribution in [3.05, 3.63) is 35.4 Å². The van der Waals surface area contributed by atoms with Gasteiger partial charge in [0.2, 0.25) is 10.0 Å². The number of hydrogen-bond acceptors (Lipinski definition) is 2. The van der Waals surface area contributed by atoms with Crippen molar-refractivity contribution in [1.29, 1.82) is 0 Å². The summed E-state index contributed by atoms with van der Waals surface area (Å²) in [6.07, 6.45) is 1.13. The van der Waals surface area contributed by atoms with Gasteiger partial charge >= 0.3 is 0 Å². The third kappa shape index (κ3) is 1.59. The Hall–Kier alpha value is -0.870. The second-order valence-corrected chi connectivity index (χ2v) is 5.23. The Labute approximate surface area is 77.6 Å². The minimum Gasteiger partial charge on any atom is -0.228 e. The van der Waals surface area contributed by atoms with Crippen molar-refractivity contribution < 1.29 is 8.42 Å². The first-order valence-corrected chi connectivity index (χ1v) is 5.77. The summed E-state index contributed by atoms with van der Waals surface area (Å²) in [7, 11) is -3.37. The summed E-state index contributed by atoms with van der Waals surface area (Å²) in [6.45, 7) is 0. The maximum atomic E-state index is 11.1. The predicted octanol–water partition coefficient (Wildman–Crippen LogP) is 0.442. The van der Waals surface area contributed by atoms with Crippen LogP contribution in [-0.2, 0) is 22.9 Å². The van der Waals surface area contributed by atoms with Crippen molar-refractivity contribution in [3.8, 4) is 0 Å². The first kappa shape index (κ1) is 8.72. The number of hydrogen-bond donors (Lipinski definition) is 1. The highest BCUT2D eigenvalue weighted by Crippen LogP contribution is 2.24. The second-order valence-electron chi connectivity index (χ2n) is 3.39. The number of fused-ring (bicyclic) bond motifs is 1. The third-order valence-electron chi connectivity index (χ3n) is 2.48. The molecule has 0 saturated heterocycles. The molecule has 0 bridgehead atoms. The maximum absolute atomic E-state index is 11.1. The van der Waals surface area contributed by atoms with E-state index in [1.54, 1.807) is 0 Å². The molecule has 0 spiro atoms. The smallest absolute Gasteiger partial charge is 0.212 e. The molecule has 1 aliphatic rings. The highest BCUT2D eigenvalue weighted by Gasteiger charge is 2.29. The summed E-state index contributed by atoms with van der Waals surface area (Å²) >= 11 is 0. The molecule has 3 nitrogen and oxygen atoms in total. The van der Waals surface area contributed by atoms with Gasteiger partial charge in [0.25, 0.3) is 0 Å². The van der Waals surface area contributed by atoms with Crippen LogP contribution in [-0.4, -0.2) is 13.7 Å². The van der Waals surface area contributed by atoms with E-state index in [4.69, 9.17) is 5.14 Å². The number of primary sulfonamides is 1. The van der Waals surface area contributed by atoms with Gasteiger partial charge in [-0.3, -0.25) is 0 Å². The molecule has 1 aromatic carbocycles. The monoisotopic (exact) mass is 197 g/mol. The van der Waals surface area contributed by atoms with Crippen LogP contribution in [0.2, 0.25) is 0 Å². The van der Waals surface area contributed by atoms with Crippen molar-refractivity contribution in [3.63, 3.8) is 0 Å². The maximum Gasteiger partial charge on any atom is 0.212 e. The van der Waals surface area contributed by atoms with Crippen LogP contribution in [0.5, 0.6) is 0 Å². The molecule has 0 heterocycles. The van der Waals surface area contributed by atoms with Crippen LogP contribution in [0.3, 0.4) is 0 Å². The van der Waals surface area contributed by atoms with Crippen molar-refractivity contribution in [2.45, 2.75) is 18.1 Å². The number of rotatable bonds is 1. The first-order valence-electron chi connectivity index (χ1n) is 4.16. The van der Waals surface area contributed by atoms with Crippen LogP contribution in [0.4, 0.5) is 0 Å². The summed E-state index contributed by atoms with van der Waals surface area (Å²) < 4.78 is 22.2. The van der Waals surface area contributed by atoms with Gasteiger partial charge in [0.15, 0.2) is 0 Å². The van der Waals surface area contributed by atoms with Crippen molar-refractivity contribution in [2.75, 3.05) is 0 Å². The average Bonchev–Trinajstić information content (AvgIpc) is 2.45. The lowest BCUT2D eigenvalue weighted by Crippen LogP contribution is -2.28. The largest absolute Gasteiger partial charge is 0.228 e. The van der Waals surface area contributed by atoms with E-state index in [0.717, 1.165) is 11.1 Å². The lowest BCUT2D eigenvalue weighted by molar-refractivity contribution is 0.582. The van der Waals surface area contributed by atoms with E-state index < -0.39 is 15.3 Å². The zero-order chi connectivity index (χ0) is 9.47. The molecule has 0 aliphatic heterocycles. The summed E-state index contributed by atoms with van der Waals surface area (Å²) in [4.78, 5) is 0. The lowest BCUT2D eigenvalue weighted by Gasteiger charge is -2.03. The molecule has 0 unspecified atom stereocenters. The van der Waals surface area contributed by atoms with Gasteiger partial charge in [0.1, 0.15) is 0 Å². The van der Waals surface area contributed by atoms with Crippen LogP contribution in [0.25, 0.3) is 0 Å². The molecular formula is C9H11NO2S. The molecule has 0 aromatic heterocycles. The molecule has 0 fully saturated rings. The van der Waals surface area contributed by atoms with Crippen molar-refractivity contribution in [1.82, 2.24) is 0 Å². The molecule has 13 heavy (non-hydrogen) atoms. The van der Waals surface area contributed by atoms with Crippen LogP contribution in [0, 0.1) is 0 Å². The van der Waals surface area contributed by atoms with Crippen molar-refractivity contribution >= 4 is 10.0 Å². The molecule has 0 radical (unpaired) electrons. The van der Waals surface area contributed by atoms with E-state index in [0.29, 0.717) is 12.8 Å². The van der Waals surface area contributed by atoms with E-state index in [1.165, 1.54) is 0 Å². The van der Waals surface area contributed by atoms with E-state index in [2.05, 4.69) is 0 Å². The fourth-order valence-electron chi connectivity index (χ4n) is 1.75. The fourth-order valence-corrected chi connectivity index (χ4v) is 2.57. The van der Waals surface area contributed by atoms with Gasteiger partial charge in [0.05, 0.1) is 5.25 Å². The van der Waals surface area contributed by atoms with Gasteiger partial charge in [0, 0.05) is 0 Å². The van der Waals surface area contributed by atoms with E-state index in [-0.39, 0.29) is 0 Å². The van der Waals surface area contributed by atoms with Crippen LogP contribution in [0.15, 0.2) is 24.3 Å². The molecule has 70 valence electrons. The summed E-state index contributed by atoms with van der Waals surface area (Å²) in [5, 5.41) is 4.68. The summed E-state index contributed by atoms with van der Waals surface area (Å²) in [6, 6.07) is 7.76. The zero-order valence-electron chi connectivity index (χ0n) is 7.10. The van der Waals surface area contributed by atoms with E-state index >= 15 is 0 Å². The topological polar surface area (TPSA) is 60.2 Å². The highest BCUT2D eigenvalue weighted by molar-refractivity contribution is 7.89. The van der Waals surface area contributed by atoms with Gasteiger partial charge in [-0.15, -0.1) is 0 Å². The lowest BCUT2D eigenvalue weighted by atomic mass is 10.1. The van der Waals surface area contributed by atoms with Gasteiger partial charge in [-0.1, -0.05) is 24.3 Å². The summed E-state index contributed by atoms with van der Waals surface area (Å²) in [5.41, 5.74) is 2.23. The molecule has 2 rings (SSSR count). The quantitative estimate of drug-likeness (QED) is 0.710. The Bertz CT molecular complexity index is 400. The summed E-state index contributed by atoms with van der Waals surface area (Å²) in [5.74, 6) is 0. The molecule has 4 heteroatoms. The zero-order valence-corrected chi connectivity index (χ0v) is 7.92. The van der Waals surface area contributed by atoms with Gasteiger partial charge in [-0.2, -0.15) is 0 Å². The molecule has 0 saturated carbocycles. The third-order valence-corrected chi connectivity index (χ3v) is 3.74. The fraction of sp³-hybridized carbons (Fsp3) is 0.333. The van der Waals surface area contributed by atoms with Crippen LogP contribution in [0.1, 0.15) is 11.1 Å². The van der Waals surface area contributed by atoms with Crippen LogP contribution < -0.4 is 5.14 Å². The Morgan fingerprint density at radius 1 is 1.15 bits per heavy atom. The SMILES string of the molecule is NS(=O)(=O)C1Cc2ccccc2C1.